The summed E-state index contributed by atoms with van der Waals surface area (Å²) in [5, 5.41) is 0. The van der Waals surface area contributed by atoms with Gasteiger partial charge in [0, 0.05) is 16.5 Å². The highest BCUT2D eigenvalue weighted by Gasteiger charge is 2.37. The maximum atomic E-state index is 13.4. The summed E-state index contributed by atoms with van der Waals surface area (Å²) in [6.07, 6.45) is 1.62. The lowest BCUT2D eigenvalue weighted by Gasteiger charge is -2.35. The van der Waals surface area contributed by atoms with Crippen LogP contribution in [0, 0.1) is 6.92 Å². The number of nitrogens with one attached hydrogen (secondary N) is 1. The number of aryl methyl sites for hydroxylation is 1. The van der Waals surface area contributed by atoms with Gasteiger partial charge in [-0.25, -0.2) is 9.36 Å². The molecule has 0 spiro atoms. The van der Waals surface area contributed by atoms with Crippen LogP contribution in [0.1, 0.15) is 37.0 Å². The standard InChI is InChI=1S/C22H22N2O2/c1-4-22(3)13-15-7-5-6-8-17(15)19-18(22)20(25)24(21(26)23-19)16-11-9-14(2)10-12-16/h5-12H,4,13H2,1-3H3,(H,23,26)/t22-/m1/s1. The monoisotopic (exact) mass is 346 g/mol. The largest absolute Gasteiger partial charge is 0.333 e. The van der Waals surface area contributed by atoms with E-state index in [1.807, 2.05) is 49.4 Å². The molecule has 3 aromatic rings. The molecule has 0 unspecified atom stereocenters. The lowest BCUT2D eigenvalue weighted by Crippen LogP contribution is -2.44. The molecule has 26 heavy (non-hydrogen) atoms. The normalized spacial score (nSPS) is 18.3. The van der Waals surface area contributed by atoms with Gasteiger partial charge in [0.2, 0.25) is 0 Å². The molecule has 0 radical (unpaired) electrons. The maximum absolute atomic E-state index is 13.4. The van der Waals surface area contributed by atoms with Gasteiger partial charge in [0.05, 0.1) is 11.4 Å². The fourth-order valence-corrected chi connectivity index (χ4v) is 3.96. The molecule has 1 aromatic heterocycles. The molecule has 0 aliphatic heterocycles. The second-order valence-electron chi connectivity index (χ2n) is 7.40. The van der Waals surface area contributed by atoms with Crippen LogP contribution in [0.15, 0.2) is 58.1 Å². The Morgan fingerprint density at radius 1 is 1.08 bits per heavy atom. The van der Waals surface area contributed by atoms with E-state index in [1.54, 1.807) is 0 Å². The van der Waals surface area contributed by atoms with E-state index in [2.05, 4.69) is 24.9 Å². The Morgan fingerprint density at radius 3 is 2.46 bits per heavy atom. The molecule has 0 saturated carbocycles. The van der Waals surface area contributed by atoms with Crippen LogP contribution in [0.5, 0.6) is 0 Å². The molecule has 1 N–H and O–H groups in total. The highest BCUT2D eigenvalue weighted by Crippen LogP contribution is 2.41. The van der Waals surface area contributed by atoms with Crippen molar-refractivity contribution in [3.05, 3.63) is 86.1 Å². The van der Waals surface area contributed by atoms with Crippen molar-refractivity contribution in [2.24, 2.45) is 0 Å². The van der Waals surface area contributed by atoms with Crippen molar-refractivity contribution in [3.63, 3.8) is 0 Å². The van der Waals surface area contributed by atoms with Gasteiger partial charge in [-0.2, -0.15) is 0 Å². The van der Waals surface area contributed by atoms with E-state index in [0.29, 0.717) is 16.9 Å². The van der Waals surface area contributed by atoms with Crippen molar-refractivity contribution in [2.75, 3.05) is 0 Å². The summed E-state index contributed by atoms with van der Waals surface area (Å²) in [5.41, 5.74) is 4.28. The molecule has 2 aromatic carbocycles. The van der Waals surface area contributed by atoms with Crippen molar-refractivity contribution >= 4 is 0 Å². The molecule has 4 nitrogen and oxygen atoms in total. The van der Waals surface area contributed by atoms with Crippen molar-refractivity contribution in [1.29, 1.82) is 0 Å². The molecule has 0 amide bonds. The van der Waals surface area contributed by atoms with Crippen LogP contribution >= 0.6 is 0 Å². The van der Waals surface area contributed by atoms with E-state index in [9.17, 15) is 9.59 Å². The Bertz CT molecular complexity index is 1110. The van der Waals surface area contributed by atoms with Crippen LogP contribution < -0.4 is 11.2 Å². The molecular formula is C22H22N2O2. The van der Waals surface area contributed by atoms with E-state index in [0.717, 1.165) is 24.0 Å². The molecule has 132 valence electrons. The molecule has 0 fully saturated rings. The van der Waals surface area contributed by atoms with E-state index < -0.39 is 5.69 Å². The lowest BCUT2D eigenvalue weighted by atomic mass is 9.69. The number of benzene rings is 2. The van der Waals surface area contributed by atoms with Gasteiger partial charge in [0.1, 0.15) is 0 Å². The number of hydrogen-bond acceptors (Lipinski definition) is 2. The zero-order valence-electron chi connectivity index (χ0n) is 15.3. The molecule has 1 atom stereocenters. The molecule has 1 heterocycles. The number of nitrogens with zero attached hydrogens (tertiary/aromatic N) is 1. The first kappa shape index (κ1) is 16.6. The second kappa shape index (κ2) is 5.84. The smallest absolute Gasteiger partial charge is 0.306 e. The van der Waals surface area contributed by atoms with Crippen LogP contribution in [0.4, 0.5) is 0 Å². The Balaban J connectivity index is 2.08. The summed E-state index contributed by atoms with van der Waals surface area (Å²) in [4.78, 5) is 29.3. The molecule has 0 saturated heterocycles. The minimum Gasteiger partial charge on any atom is -0.306 e. The number of aromatic nitrogens is 2. The zero-order chi connectivity index (χ0) is 18.5. The van der Waals surface area contributed by atoms with Crippen LogP contribution in [0.2, 0.25) is 0 Å². The van der Waals surface area contributed by atoms with Crippen molar-refractivity contribution in [1.82, 2.24) is 9.55 Å². The topological polar surface area (TPSA) is 54.9 Å². The number of aromatic amines is 1. The van der Waals surface area contributed by atoms with E-state index in [-0.39, 0.29) is 11.0 Å². The van der Waals surface area contributed by atoms with Crippen molar-refractivity contribution in [2.45, 2.75) is 39.0 Å². The Morgan fingerprint density at radius 2 is 1.77 bits per heavy atom. The van der Waals surface area contributed by atoms with E-state index in [4.69, 9.17) is 0 Å². The van der Waals surface area contributed by atoms with E-state index in [1.165, 1.54) is 10.1 Å². The minimum absolute atomic E-state index is 0.216. The fraction of sp³-hybridized carbons (Fsp3) is 0.273. The molecule has 1 aliphatic rings. The van der Waals surface area contributed by atoms with Gasteiger partial charge in [-0.1, -0.05) is 55.8 Å². The molecule has 4 rings (SSSR count). The highest BCUT2D eigenvalue weighted by atomic mass is 16.2. The van der Waals surface area contributed by atoms with Crippen LogP contribution in [-0.4, -0.2) is 9.55 Å². The van der Waals surface area contributed by atoms with Gasteiger partial charge in [-0.15, -0.1) is 0 Å². The van der Waals surface area contributed by atoms with Crippen molar-refractivity contribution < 1.29 is 0 Å². The maximum Gasteiger partial charge on any atom is 0.333 e. The summed E-state index contributed by atoms with van der Waals surface area (Å²) in [6.45, 7) is 6.19. The third-order valence-corrected chi connectivity index (χ3v) is 5.65. The summed E-state index contributed by atoms with van der Waals surface area (Å²) in [6, 6.07) is 15.5. The first-order valence-electron chi connectivity index (χ1n) is 9.00. The molecule has 1 aliphatic carbocycles. The third kappa shape index (κ3) is 2.37. The van der Waals surface area contributed by atoms with Gasteiger partial charge in [0.25, 0.3) is 5.56 Å². The Labute approximate surface area is 152 Å². The van der Waals surface area contributed by atoms with Gasteiger partial charge in [0.15, 0.2) is 0 Å². The molecule has 0 bridgehead atoms. The summed E-state index contributed by atoms with van der Waals surface area (Å²) >= 11 is 0. The summed E-state index contributed by atoms with van der Waals surface area (Å²) in [5.74, 6) is 0. The number of H-pyrrole nitrogens is 1. The predicted octanol–water partition coefficient (Wildman–Crippen LogP) is 3.73. The first-order chi connectivity index (χ1) is 12.4. The lowest BCUT2D eigenvalue weighted by molar-refractivity contribution is 0.437. The Kier molecular flexibility index (Phi) is 3.72. The van der Waals surface area contributed by atoms with Crippen LogP contribution in [0.3, 0.4) is 0 Å². The third-order valence-electron chi connectivity index (χ3n) is 5.65. The summed E-state index contributed by atoms with van der Waals surface area (Å²) in [7, 11) is 0. The quantitative estimate of drug-likeness (QED) is 0.769. The van der Waals surface area contributed by atoms with Gasteiger partial charge >= 0.3 is 5.69 Å². The highest BCUT2D eigenvalue weighted by molar-refractivity contribution is 5.71. The Hall–Kier alpha value is -2.88. The van der Waals surface area contributed by atoms with Crippen LogP contribution in [-0.2, 0) is 11.8 Å². The van der Waals surface area contributed by atoms with Gasteiger partial charge in [-0.3, -0.25) is 4.79 Å². The fourth-order valence-electron chi connectivity index (χ4n) is 3.96. The van der Waals surface area contributed by atoms with Crippen molar-refractivity contribution in [3.8, 4) is 16.9 Å². The average molecular weight is 346 g/mol. The summed E-state index contributed by atoms with van der Waals surface area (Å²) < 4.78 is 1.26. The minimum atomic E-state index is -0.396. The zero-order valence-corrected chi connectivity index (χ0v) is 15.3. The van der Waals surface area contributed by atoms with Crippen LogP contribution in [0.25, 0.3) is 16.9 Å². The SMILES string of the molecule is CC[C@]1(C)Cc2ccccc2-c2[nH]c(=O)n(-c3ccc(C)cc3)c(=O)c21. The predicted molar refractivity (Wildman–Crippen MR) is 104 cm³/mol. The molecular weight excluding hydrogens is 324 g/mol. The number of hydrogen-bond donors (Lipinski definition) is 1. The first-order valence-corrected chi connectivity index (χ1v) is 9.00. The average Bonchev–Trinajstić information content (AvgIpc) is 2.63. The number of rotatable bonds is 2. The molecule has 4 heteroatoms. The van der Waals surface area contributed by atoms with E-state index >= 15 is 0 Å². The van der Waals surface area contributed by atoms with Gasteiger partial charge < -0.3 is 4.98 Å². The second-order valence-corrected chi connectivity index (χ2v) is 7.40. The van der Waals surface area contributed by atoms with Gasteiger partial charge in [-0.05, 0) is 37.5 Å². The number of fused-ring (bicyclic) bond motifs is 3.